The van der Waals surface area contributed by atoms with Crippen LogP contribution in [0.5, 0.6) is 11.5 Å². The molecule has 0 saturated heterocycles. The molecule has 0 radical (unpaired) electrons. The van der Waals surface area contributed by atoms with Gasteiger partial charge in [-0.05, 0) is 151 Å². The molecule has 302 valence electrons. The molecule has 1 aliphatic carbocycles. The maximum atomic E-state index is 5.51. The van der Waals surface area contributed by atoms with Crippen LogP contribution in [0.1, 0.15) is 34.7 Å². The van der Waals surface area contributed by atoms with Gasteiger partial charge in [-0.3, -0.25) is 9.97 Å². The molecule has 0 bridgehead atoms. The molecule has 6 nitrogen and oxygen atoms in total. The highest BCUT2D eigenvalue weighted by atomic mass is 16.5. The quantitative estimate of drug-likeness (QED) is 0.116. The molecule has 1 aliphatic rings. The number of hydrogen-bond acceptors (Lipinski definition) is 6. The molecule has 2 heterocycles. The molecule has 2 aromatic heterocycles. The van der Waals surface area contributed by atoms with Crippen molar-refractivity contribution in [2.24, 2.45) is 11.8 Å². The van der Waals surface area contributed by atoms with Crippen LogP contribution >= 0.6 is 0 Å². The lowest BCUT2D eigenvalue weighted by atomic mass is 9.87. The third-order valence-electron chi connectivity index (χ3n) is 11.1. The summed E-state index contributed by atoms with van der Waals surface area (Å²) >= 11 is 0. The fourth-order valence-electron chi connectivity index (χ4n) is 7.76. The van der Waals surface area contributed by atoms with Gasteiger partial charge in [-0.15, -0.1) is 0 Å². The number of anilines is 5. The predicted molar refractivity (Wildman–Crippen MR) is 254 cm³/mol. The van der Waals surface area contributed by atoms with Crippen LogP contribution < -0.4 is 19.3 Å². The Labute approximate surface area is 360 Å². The van der Waals surface area contributed by atoms with E-state index in [4.69, 9.17) is 19.4 Å². The summed E-state index contributed by atoms with van der Waals surface area (Å²) in [4.78, 5) is 14.0. The smallest absolute Gasteiger partial charge is 0.119 e. The Morgan fingerprint density at radius 3 is 1.57 bits per heavy atom. The van der Waals surface area contributed by atoms with E-state index < -0.39 is 0 Å². The summed E-state index contributed by atoms with van der Waals surface area (Å²) in [6, 6.07) is 50.3. The van der Waals surface area contributed by atoms with E-state index in [1.165, 1.54) is 0 Å². The van der Waals surface area contributed by atoms with E-state index in [0.29, 0.717) is 0 Å². The number of allylic oxidation sites excluding steroid dienone is 4. The van der Waals surface area contributed by atoms with Crippen LogP contribution in [0, 0.1) is 25.7 Å². The molecule has 61 heavy (non-hydrogen) atoms. The maximum absolute atomic E-state index is 5.51. The highest BCUT2D eigenvalue weighted by Gasteiger charge is 2.22. The van der Waals surface area contributed by atoms with Crippen molar-refractivity contribution in [3.8, 4) is 22.9 Å². The van der Waals surface area contributed by atoms with E-state index in [1.54, 1.807) is 14.2 Å². The van der Waals surface area contributed by atoms with Gasteiger partial charge in [0.05, 0.1) is 25.6 Å². The van der Waals surface area contributed by atoms with Crippen molar-refractivity contribution < 1.29 is 9.47 Å². The van der Waals surface area contributed by atoms with Gasteiger partial charge < -0.3 is 19.3 Å². The maximum Gasteiger partial charge on any atom is 0.119 e. The van der Waals surface area contributed by atoms with Gasteiger partial charge >= 0.3 is 0 Å². The SMILES string of the molecule is COc1ccc(N(C2=CC(C)C(/C=C/c3ccnc(-c4cc(/C=C/c5ccc(N(c6ccccc6)c6ccc(OC)cc6C)cc5)ccn4)c3)C=C2)c2ccccc2)c(C)c1. The molecule has 7 aromatic rings. The molecule has 0 N–H and O–H groups in total. The van der Waals surface area contributed by atoms with Crippen molar-refractivity contribution in [1.29, 1.82) is 0 Å². The van der Waals surface area contributed by atoms with Crippen molar-refractivity contribution in [3.05, 3.63) is 216 Å². The topological polar surface area (TPSA) is 50.7 Å². The average molecular weight is 799 g/mol. The third kappa shape index (κ3) is 9.40. The summed E-state index contributed by atoms with van der Waals surface area (Å²) in [6.45, 7) is 6.53. The number of para-hydroxylation sites is 2. The molecule has 2 unspecified atom stereocenters. The minimum Gasteiger partial charge on any atom is -0.497 e. The number of aromatic nitrogens is 2. The second-order valence-corrected chi connectivity index (χ2v) is 15.3. The van der Waals surface area contributed by atoms with Gasteiger partial charge in [0, 0.05) is 52.4 Å². The summed E-state index contributed by atoms with van der Waals surface area (Å²) in [7, 11) is 3.41. The summed E-state index contributed by atoms with van der Waals surface area (Å²) in [5, 5.41) is 0. The lowest BCUT2D eigenvalue weighted by Gasteiger charge is -2.31. The summed E-state index contributed by atoms with van der Waals surface area (Å²) in [5.74, 6) is 2.22. The number of rotatable bonds is 13. The van der Waals surface area contributed by atoms with Crippen LogP contribution in [0.2, 0.25) is 0 Å². The number of benzene rings is 5. The first-order valence-electron chi connectivity index (χ1n) is 20.7. The second-order valence-electron chi connectivity index (χ2n) is 15.3. The van der Waals surface area contributed by atoms with Crippen LogP contribution in [-0.2, 0) is 0 Å². The van der Waals surface area contributed by atoms with Crippen molar-refractivity contribution in [2.45, 2.75) is 20.8 Å². The van der Waals surface area contributed by atoms with E-state index in [2.05, 4.69) is 188 Å². The molecule has 0 aliphatic heterocycles. The number of hydrogen-bond donors (Lipinski definition) is 0. The lowest BCUT2D eigenvalue weighted by Crippen LogP contribution is -2.20. The molecule has 8 rings (SSSR count). The number of nitrogens with zero attached hydrogens (tertiary/aromatic N) is 4. The van der Waals surface area contributed by atoms with E-state index in [-0.39, 0.29) is 11.8 Å². The van der Waals surface area contributed by atoms with Crippen LogP contribution in [0.25, 0.3) is 29.6 Å². The van der Waals surface area contributed by atoms with Crippen molar-refractivity contribution in [2.75, 3.05) is 24.0 Å². The number of pyridine rings is 2. The van der Waals surface area contributed by atoms with Gasteiger partial charge in [-0.2, -0.15) is 0 Å². The van der Waals surface area contributed by atoms with E-state index in [9.17, 15) is 0 Å². The molecule has 0 spiro atoms. The fraction of sp³-hybridized carbons (Fsp3) is 0.127. The molecular formula is C55H50N4O2. The van der Waals surface area contributed by atoms with Gasteiger partial charge in [0.2, 0.25) is 0 Å². The Bertz CT molecular complexity index is 2720. The van der Waals surface area contributed by atoms with Gasteiger partial charge in [-0.1, -0.05) is 91.9 Å². The minimum atomic E-state index is 0.239. The van der Waals surface area contributed by atoms with Crippen LogP contribution in [0.4, 0.5) is 28.4 Å². The summed E-state index contributed by atoms with van der Waals surface area (Å²) in [5.41, 5.74) is 13.8. The molecule has 2 atom stereocenters. The Morgan fingerprint density at radius 1 is 0.525 bits per heavy atom. The first-order valence-corrected chi connectivity index (χ1v) is 20.7. The lowest BCUT2D eigenvalue weighted by molar-refractivity contribution is 0.414. The highest BCUT2D eigenvalue weighted by Crippen LogP contribution is 2.39. The van der Waals surface area contributed by atoms with E-state index in [0.717, 1.165) is 84.8 Å². The van der Waals surface area contributed by atoms with Gasteiger partial charge in [0.25, 0.3) is 0 Å². The predicted octanol–water partition coefficient (Wildman–Crippen LogP) is 14.0. The normalized spacial score (nSPS) is 14.9. The number of aryl methyl sites for hydroxylation is 2. The third-order valence-corrected chi connectivity index (χ3v) is 11.1. The Morgan fingerprint density at radius 2 is 1.03 bits per heavy atom. The van der Waals surface area contributed by atoms with Crippen LogP contribution in [0.15, 0.2) is 188 Å². The van der Waals surface area contributed by atoms with Gasteiger partial charge in [0.1, 0.15) is 11.5 Å². The molecule has 0 saturated carbocycles. The fourth-order valence-corrected chi connectivity index (χ4v) is 7.76. The first kappa shape index (κ1) is 40.3. The van der Waals surface area contributed by atoms with Crippen molar-refractivity contribution >= 4 is 46.7 Å². The second kappa shape index (κ2) is 18.6. The Balaban J connectivity index is 0.962. The summed E-state index contributed by atoms with van der Waals surface area (Å²) in [6.07, 6.45) is 19.4. The molecule has 5 aromatic carbocycles. The molecule has 0 fully saturated rings. The van der Waals surface area contributed by atoms with Crippen molar-refractivity contribution in [1.82, 2.24) is 9.97 Å². The largest absolute Gasteiger partial charge is 0.497 e. The van der Waals surface area contributed by atoms with Crippen LogP contribution in [0.3, 0.4) is 0 Å². The van der Waals surface area contributed by atoms with Crippen LogP contribution in [-0.4, -0.2) is 24.2 Å². The molecule has 0 amide bonds. The molecular weight excluding hydrogens is 749 g/mol. The monoisotopic (exact) mass is 798 g/mol. The number of methoxy groups -OCH3 is 2. The minimum absolute atomic E-state index is 0.239. The Hall–Kier alpha value is -7.44. The first-order chi connectivity index (χ1) is 29.9. The summed E-state index contributed by atoms with van der Waals surface area (Å²) < 4.78 is 11.0. The highest BCUT2D eigenvalue weighted by molar-refractivity contribution is 5.80. The standard InChI is InChI=1S/C55H50N4O2/c1-39-34-49(59(47-14-10-7-11-15-47)55-29-27-51(61-5)36-41(55)3)25-22-45(39)21-18-44-31-33-57-53(38-44)52-37-43(30-32-56-52)17-16-42-19-23-48(24-20-42)58(46-12-8-6-9-13-46)54-28-26-50(60-4)35-40(54)2/h6-39,45H,1-5H3/b17-16+,21-18+. The van der Waals surface area contributed by atoms with E-state index >= 15 is 0 Å². The van der Waals surface area contributed by atoms with Crippen molar-refractivity contribution in [3.63, 3.8) is 0 Å². The average Bonchev–Trinajstić information content (AvgIpc) is 3.30. The Kier molecular flexibility index (Phi) is 12.3. The molecule has 6 heteroatoms. The zero-order chi connectivity index (χ0) is 42.1. The number of ether oxygens (including phenoxy) is 2. The van der Waals surface area contributed by atoms with E-state index in [1.807, 2.05) is 42.7 Å². The zero-order valence-corrected chi connectivity index (χ0v) is 35.3. The van der Waals surface area contributed by atoms with Gasteiger partial charge in [0.15, 0.2) is 0 Å². The zero-order valence-electron chi connectivity index (χ0n) is 35.3. The van der Waals surface area contributed by atoms with Gasteiger partial charge in [-0.25, -0.2) is 0 Å².